The van der Waals surface area contributed by atoms with Crippen molar-refractivity contribution < 1.29 is 14.3 Å². The van der Waals surface area contributed by atoms with E-state index in [1.165, 1.54) is 23.0 Å². The van der Waals surface area contributed by atoms with Crippen LogP contribution < -0.4 is 10.9 Å². The molecule has 0 radical (unpaired) electrons. The highest BCUT2D eigenvalue weighted by atomic mass is 35.5. The van der Waals surface area contributed by atoms with E-state index in [1.807, 2.05) is 24.3 Å². The fourth-order valence-electron chi connectivity index (χ4n) is 3.89. The predicted octanol–water partition coefficient (Wildman–Crippen LogP) is 5.26. The number of rotatable bonds is 5. The molecule has 0 aliphatic carbocycles. The van der Waals surface area contributed by atoms with Crippen molar-refractivity contribution in [3.05, 3.63) is 93.9 Å². The third-order valence-corrected chi connectivity index (χ3v) is 6.71. The second-order valence-electron chi connectivity index (χ2n) is 7.75. The summed E-state index contributed by atoms with van der Waals surface area (Å²) in [4.78, 5) is 43.0. The molecule has 5 rings (SSSR count). The summed E-state index contributed by atoms with van der Waals surface area (Å²) in [5, 5.41) is 4.67. The number of thiazole rings is 1. The third-order valence-electron chi connectivity index (χ3n) is 5.50. The molecular weight excluding hydrogens is 486 g/mol. The van der Waals surface area contributed by atoms with Crippen LogP contribution in [-0.4, -0.2) is 28.0 Å². The van der Waals surface area contributed by atoms with Gasteiger partial charge in [0.1, 0.15) is 5.69 Å². The van der Waals surface area contributed by atoms with Crippen molar-refractivity contribution in [3.8, 4) is 11.1 Å². The molecule has 5 aromatic rings. The zero-order valence-corrected chi connectivity index (χ0v) is 20.0. The summed E-state index contributed by atoms with van der Waals surface area (Å²) in [6, 6.07) is 21.5. The molecule has 0 saturated heterocycles. The number of nitrogens with zero attached hydrogens (tertiary/aromatic N) is 2. The summed E-state index contributed by atoms with van der Waals surface area (Å²) in [5.41, 5.74) is 1.68. The van der Waals surface area contributed by atoms with Crippen LogP contribution in [0.25, 0.3) is 32.1 Å². The summed E-state index contributed by atoms with van der Waals surface area (Å²) in [6.07, 6.45) is 0. The van der Waals surface area contributed by atoms with Crippen LogP contribution in [0.3, 0.4) is 0 Å². The minimum Gasteiger partial charge on any atom is -0.451 e. The Bertz CT molecular complexity index is 1620. The van der Waals surface area contributed by atoms with E-state index in [0.717, 1.165) is 10.2 Å². The summed E-state index contributed by atoms with van der Waals surface area (Å²) in [7, 11) is 1.51. The van der Waals surface area contributed by atoms with Crippen molar-refractivity contribution in [2.45, 2.75) is 0 Å². The number of hydrogen-bond acceptors (Lipinski definition) is 6. The van der Waals surface area contributed by atoms with E-state index < -0.39 is 18.5 Å². The fourth-order valence-corrected chi connectivity index (χ4v) is 4.90. The quantitative estimate of drug-likeness (QED) is 0.330. The Kier molecular flexibility index (Phi) is 6.07. The van der Waals surface area contributed by atoms with Gasteiger partial charge in [-0.25, -0.2) is 9.78 Å². The number of para-hydroxylation sites is 1. The van der Waals surface area contributed by atoms with Gasteiger partial charge in [-0.1, -0.05) is 65.4 Å². The summed E-state index contributed by atoms with van der Waals surface area (Å²) in [5.74, 6) is -1.32. The summed E-state index contributed by atoms with van der Waals surface area (Å²) >= 11 is 7.38. The molecule has 0 atom stereocenters. The van der Waals surface area contributed by atoms with Crippen LogP contribution in [-0.2, 0) is 16.6 Å². The van der Waals surface area contributed by atoms with Crippen LogP contribution in [0.1, 0.15) is 10.5 Å². The number of aromatic nitrogens is 2. The Labute approximate surface area is 208 Å². The van der Waals surface area contributed by atoms with Crippen molar-refractivity contribution in [1.82, 2.24) is 9.55 Å². The molecule has 0 fully saturated rings. The van der Waals surface area contributed by atoms with Crippen molar-refractivity contribution in [1.29, 1.82) is 0 Å². The fraction of sp³-hybridized carbons (Fsp3) is 0.0769. The van der Waals surface area contributed by atoms with E-state index in [0.29, 0.717) is 32.1 Å². The average molecular weight is 504 g/mol. The van der Waals surface area contributed by atoms with Gasteiger partial charge in [-0.2, -0.15) is 0 Å². The average Bonchev–Trinajstić information content (AvgIpc) is 3.27. The van der Waals surface area contributed by atoms with E-state index in [2.05, 4.69) is 10.3 Å². The van der Waals surface area contributed by atoms with Gasteiger partial charge < -0.3 is 9.30 Å². The van der Waals surface area contributed by atoms with Crippen LogP contribution >= 0.6 is 22.9 Å². The van der Waals surface area contributed by atoms with Gasteiger partial charge in [-0.05, 0) is 41.3 Å². The molecule has 9 heteroatoms. The van der Waals surface area contributed by atoms with Crippen molar-refractivity contribution in [3.63, 3.8) is 0 Å². The lowest BCUT2D eigenvalue weighted by Crippen LogP contribution is -2.28. The van der Waals surface area contributed by atoms with Gasteiger partial charge in [0.15, 0.2) is 11.7 Å². The lowest BCUT2D eigenvalue weighted by Gasteiger charge is -2.16. The van der Waals surface area contributed by atoms with Gasteiger partial charge in [0.2, 0.25) is 0 Å². The maximum atomic E-state index is 13.2. The molecule has 1 amide bonds. The first-order valence-electron chi connectivity index (χ1n) is 10.6. The molecule has 7 nitrogen and oxygen atoms in total. The van der Waals surface area contributed by atoms with E-state index in [1.54, 1.807) is 48.5 Å². The van der Waals surface area contributed by atoms with Gasteiger partial charge in [0.05, 0.1) is 10.2 Å². The third kappa shape index (κ3) is 4.41. The van der Waals surface area contributed by atoms with E-state index in [-0.39, 0.29) is 11.3 Å². The topological polar surface area (TPSA) is 90.3 Å². The molecule has 2 aromatic heterocycles. The smallest absolute Gasteiger partial charge is 0.356 e. The Morgan fingerprint density at radius 3 is 2.43 bits per heavy atom. The number of benzene rings is 3. The summed E-state index contributed by atoms with van der Waals surface area (Å²) < 4.78 is 7.53. The monoisotopic (exact) mass is 503 g/mol. The first-order valence-corrected chi connectivity index (χ1v) is 11.8. The van der Waals surface area contributed by atoms with Crippen LogP contribution in [0, 0.1) is 0 Å². The van der Waals surface area contributed by atoms with Crippen molar-refractivity contribution in [2.75, 3.05) is 11.9 Å². The molecule has 0 spiro atoms. The number of esters is 1. The lowest BCUT2D eigenvalue weighted by atomic mass is 9.97. The normalized spacial score (nSPS) is 11.0. The van der Waals surface area contributed by atoms with E-state index in [4.69, 9.17) is 16.3 Å². The first kappa shape index (κ1) is 22.8. The molecule has 35 heavy (non-hydrogen) atoms. The molecule has 3 aromatic carbocycles. The first-order chi connectivity index (χ1) is 16.9. The van der Waals surface area contributed by atoms with Gasteiger partial charge in [-0.15, -0.1) is 0 Å². The number of amides is 1. The zero-order valence-electron chi connectivity index (χ0n) is 18.4. The van der Waals surface area contributed by atoms with Gasteiger partial charge >= 0.3 is 5.97 Å². The van der Waals surface area contributed by atoms with E-state index >= 15 is 0 Å². The second kappa shape index (κ2) is 9.32. The van der Waals surface area contributed by atoms with Gasteiger partial charge in [0.25, 0.3) is 11.5 Å². The molecule has 0 unspecified atom stereocenters. The Morgan fingerprint density at radius 2 is 1.69 bits per heavy atom. The molecule has 174 valence electrons. The molecule has 2 heterocycles. The standard InChI is InChI=1S/C26H18ClN3O4S/c1-30-23(25(33)34-14-21(31)29-26-28-19-8-4-5-9-20(19)35-26)22(15-10-12-16(27)13-11-15)17-6-2-3-7-18(17)24(30)32/h2-13H,14H2,1H3,(H,28,29,31). The molecule has 0 saturated carbocycles. The number of hydrogen-bond donors (Lipinski definition) is 1. The zero-order chi connectivity index (χ0) is 24.5. The number of fused-ring (bicyclic) bond motifs is 2. The number of pyridine rings is 1. The van der Waals surface area contributed by atoms with Crippen LogP contribution in [0.2, 0.25) is 5.02 Å². The maximum Gasteiger partial charge on any atom is 0.356 e. The molecular formula is C26H18ClN3O4S. The number of carbonyl (C=O) groups excluding carboxylic acids is 2. The van der Waals surface area contributed by atoms with Crippen LogP contribution in [0.15, 0.2) is 77.6 Å². The lowest BCUT2D eigenvalue weighted by molar-refractivity contribution is -0.119. The SMILES string of the molecule is Cn1c(C(=O)OCC(=O)Nc2nc3ccccc3s2)c(-c2ccc(Cl)cc2)c2ccccc2c1=O. The number of nitrogens with one attached hydrogen (secondary N) is 1. The highest BCUT2D eigenvalue weighted by Crippen LogP contribution is 2.32. The van der Waals surface area contributed by atoms with E-state index in [9.17, 15) is 14.4 Å². The number of ether oxygens (including phenoxy) is 1. The van der Waals surface area contributed by atoms with Crippen molar-refractivity contribution in [2.24, 2.45) is 7.05 Å². The van der Waals surface area contributed by atoms with Gasteiger partial charge in [-0.3, -0.25) is 14.9 Å². The van der Waals surface area contributed by atoms with Crippen molar-refractivity contribution >= 4 is 60.9 Å². The van der Waals surface area contributed by atoms with Crippen LogP contribution in [0.4, 0.5) is 5.13 Å². The number of halogens is 1. The molecule has 0 aliphatic rings. The Morgan fingerprint density at radius 1 is 1.00 bits per heavy atom. The minimum absolute atomic E-state index is 0.0452. The van der Waals surface area contributed by atoms with Gasteiger partial charge in [0, 0.05) is 23.0 Å². The molecule has 0 aliphatic heterocycles. The Hall–Kier alpha value is -4.01. The highest BCUT2D eigenvalue weighted by molar-refractivity contribution is 7.22. The number of carbonyl (C=O) groups is 2. The molecule has 0 bridgehead atoms. The largest absolute Gasteiger partial charge is 0.451 e. The maximum absolute atomic E-state index is 13.2. The minimum atomic E-state index is -0.792. The second-order valence-corrected chi connectivity index (χ2v) is 9.22. The summed E-state index contributed by atoms with van der Waals surface area (Å²) in [6.45, 7) is -0.532. The van der Waals surface area contributed by atoms with Crippen LogP contribution in [0.5, 0.6) is 0 Å². The molecule has 1 N–H and O–H groups in total. The Balaban J connectivity index is 1.46. The highest BCUT2D eigenvalue weighted by Gasteiger charge is 2.23. The predicted molar refractivity (Wildman–Crippen MR) is 138 cm³/mol. The number of anilines is 1.